The third-order valence-electron chi connectivity index (χ3n) is 3.79. The second kappa shape index (κ2) is 6.51. The lowest BCUT2D eigenvalue weighted by Crippen LogP contribution is -2.51. The molecule has 1 aliphatic heterocycles. The maximum atomic E-state index is 12.4. The molecule has 1 heterocycles. The summed E-state index contributed by atoms with van der Waals surface area (Å²) < 4.78 is 33.2. The molecule has 0 atom stereocenters. The van der Waals surface area contributed by atoms with E-state index in [1.54, 1.807) is 43.5 Å². The number of benzene rings is 2. The summed E-state index contributed by atoms with van der Waals surface area (Å²) in [5.41, 5.74) is 1.59. The van der Waals surface area contributed by atoms with Crippen molar-refractivity contribution in [2.24, 2.45) is 0 Å². The molecule has 122 valence electrons. The minimum absolute atomic E-state index is 0.217. The molecule has 5 nitrogen and oxygen atoms in total. The van der Waals surface area contributed by atoms with Gasteiger partial charge in [0.25, 0.3) is 10.0 Å². The Balaban J connectivity index is 1.72. The van der Waals surface area contributed by atoms with Crippen molar-refractivity contribution in [1.29, 1.82) is 0 Å². The molecule has 0 bridgehead atoms. The monoisotopic (exact) mass is 396 g/mol. The van der Waals surface area contributed by atoms with Gasteiger partial charge in [0.05, 0.1) is 6.10 Å². The standard InChI is InChI=1S/C16H17BrN2O3S/c1-22-14-10-19(11-14)13-8-6-12(7-9-13)18-23(20,21)16-5-3-2-4-15(16)17/h2-9,14,18H,10-11H2,1H3. The maximum absolute atomic E-state index is 12.4. The first kappa shape index (κ1) is 16.3. The fourth-order valence-electron chi connectivity index (χ4n) is 2.41. The largest absolute Gasteiger partial charge is 0.378 e. The zero-order valence-electron chi connectivity index (χ0n) is 12.6. The van der Waals surface area contributed by atoms with Gasteiger partial charge in [-0.05, 0) is 52.3 Å². The van der Waals surface area contributed by atoms with Gasteiger partial charge in [0.15, 0.2) is 0 Å². The van der Waals surface area contributed by atoms with Crippen LogP contribution in [-0.4, -0.2) is 34.7 Å². The van der Waals surface area contributed by atoms with E-state index in [1.165, 1.54) is 0 Å². The molecule has 1 N–H and O–H groups in total. The molecule has 2 aromatic carbocycles. The van der Waals surface area contributed by atoms with Crippen molar-refractivity contribution < 1.29 is 13.2 Å². The molecule has 1 saturated heterocycles. The van der Waals surface area contributed by atoms with Crippen LogP contribution in [-0.2, 0) is 14.8 Å². The highest BCUT2D eigenvalue weighted by atomic mass is 79.9. The Kier molecular flexibility index (Phi) is 4.61. The molecule has 0 unspecified atom stereocenters. The van der Waals surface area contributed by atoms with Crippen LogP contribution in [0.2, 0.25) is 0 Å². The predicted octanol–water partition coefficient (Wildman–Crippen LogP) is 3.08. The SMILES string of the molecule is COC1CN(c2ccc(NS(=O)(=O)c3ccccc3Br)cc2)C1. The van der Waals surface area contributed by atoms with E-state index in [1.807, 2.05) is 12.1 Å². The van der Waals surface area contributed by atoms with E-state index < -0.39 is 10.0 Å². The molecule has 7 heteroatoms. The third kappa shape index (κ3) is 3.52. The average molecular weight is 397 g/mol. The number of ether oxygens (including phenoxy) is 1. The van der Waals surface area contributed by atoms with E-state index in [2.05, 4.69) is 25.6 Å². The Morgan fingerprint density at radius 1 is 1.13 bits per heavy atom. The Morgan fingerprint density at radius 2 is 1.78 bits per heavy atom. The molecule has 0 radical (unpaired) electrons. The van der Waals surface area contributed by atoms with E-state index in [0.29, 0.717) is 10.2 Å². The molecule has 2 aromatic rings. The second-order valence-electron chi connectivity index (χ2n) is 5.35. The Bertz CT molecular complexity index is 787. The summed E-state index contributed by atoms with van der Waals surface area (Å²) in [4.78, 5) is 2.40. The number of nitrogens with one attached hydrogen (secondary N) is 1. The van der Waals surface area contributed by atoms with Crippen molar-refractivity contribution in [1.82, 2.24) is 0 Å². The molecular formula is C16H17BrN2O3S. The van der Waals surface area contributed by atoms with E-state index >= 15 is 0 Å². The molecule has 1 fully saturated rings. The minimum Gasteiger partial charge on any atom is -0.378 e. The van der Waals surface area contributed by atoms with Crippen molar-refractivity contribution >= 4 is 37.3 Å². The first-order valence-corrected chi connectivity index (χ1v) is 9.42. The van der Waals surface area contributed by atoms with E-state index in [0.717, 1.165) is 18.8 Å². The highest BCUT2D eigenvalue weighted by molar-refractivity contribution is 9.10. The topological polar surface area (TPSA) is 58.6 Å². The first-order valence-electron chi connectivity index (χ1n) is 7.15. The average Bonchev–Trinajstić information content (AvgIpc) is 2.48. The predicted molar refractivity (Wildman–Crippen MR) is 94.4 cm³/mol. The molecule has 0 saturated carbocycles. The lowest BCUT2D eigenvalue weighted by Gasteiger charge is -2.40. The van der Waals surface area contributed by atoms with Crippen LogP contribution in [0.3, 0.4) is 0 Å². The maximum Gasteiger partial charge on any atom is 0.263 e. The number of sulfonamides is 1. The van der Waals surface area contributed by atoms with Crippen LogP contribution in [0.4, 0.5) is 11.4 Å². The summed E-state index contributed by atoms with van der Waals surface area (Å²) in [6.45, 7) is 1.72. The number of rotatable bonds is 5. The van der Waals surface area contributed by atoms with Crippen LogP contribution in [0.15, 0.2) is 57.9 Å². The minimum atomic E-state index is -3.61. The van der Waals surface area contributed by atoms with Crippen LogP contribution < -0.4 is 9.62 Å². The van der Waals surface area contributed by atoms with E-state index in [4.69, 9.17) is 4.74 Å². The smallest absolute Gasteiger partial charge is 0.263 e. The van der Waals surface area contributed by atoms with Crippen molar-refractivity contribution in [2.75, 3.05) is 29.8 Å². The summed E-state index contributed by atoms with van der Waals surface area (Å²) in [5, 5.41) is 0. The van der Waals surface area contributed by atoms with Crippen LogP contribution in [0.25, 0.3) is 0 Å². The van der Waals surface area contributed by atoms with Crippen molar-refractivity contribution in [3.63, 3.8) is 0 Å². The van der Waals surface area contributed by atoms with E-state index in [9.17, 15) is 8.42 Å². The first-order chi connectivity index (χ1) is 11.0. The molecule has 0 amide bonds. The number of methoxy groups -OCH3 is 1. The molecule has 23 heavy (non-hydrogen) atoms. The molecule has 0 aliphatic carbocycles. The van der Waals surface area contributed by atoms with Gasteiger partial charge in [-0.3, -0.25) is 4.72 Å². The third-order valence-corrected chi connectivity index (χ3v) is 6.19. The van der Waals surface area contributed by atoms with Crippen molar-refractivity contribution in [2.45, 2.75) is 11.0 Å². The quantitative estimate of drug-likeness (QED) is 0.843. The fraction of sp³-hybridized carbons (Fsp3) is 0.250. The van der Waals surface area contributed by atoms with Gasteiger partial charge in [-0.25, -0.2) is 8.42 Å². The Morgan fingerprint density at radius 3 is 2.39 bits per heavy atom. The van der Waals surface area contributed by atoms with Crippen LogP contribution in [0, 0.1) is 0 Å². The number of hydrogen-bond donors (Lipinski definition) is 1. The fourth-order valence-corrected chi connectivity index (χ4v) is 4.47. The lowest BCUT2D eigenvalue weighted by molar-refractivity contribution is 0.0788. The Labute approximate surface area is 144 Å². The summed E-state index contributed by atoms with van der Waals surface area (Å²) in [6, 6.07) is 14.1. The van der Waals surface area contributed by atoms with Crippen molar-refractivity contribution in [3.05, 3.63) is 53.0 Å². The summed E-state index contributed by atoms with van der Waals surface area (Å²) in [6.07, 6.45) is 0.281. The van der Waals surface area contributed by atoms with Gasteiger partial charge in [-0.2, -0.15) is 0 Å². The van der Waals surface area contributed by atoms with Crippen LogP contribution in [0.1, 0.15) is 0 Å². The summed E-state index contributed by atoms with van der Waals surface area (Å²) in [7, 11) is -1.90. The summed E-state index contributed by atoms with van der Waals surface area (Å²) >= 11 is 3.27. The molecule has 3 rings (SSSR count). The molecule has 0 spiro atoms. The van der Waals surface area contributed by atoms with E-state index in [-0.39, 0.29) is 11.0 Å². The zero-order chi connectivity index (χ0) is 16.4. The van der Waals surface area contributed by atoms with Crippen LogP contribution in [0.5, 0.6) is 0 Å². The summed E-state index contributed by atoms with van der Waals surface area (Å²) in [5.74, 6) is 0. The lowest BCUT2D eigenvalue weighted by atomic mass is 10.1. The highest BCUT2D eigenvalue weighted by Crippen LogP contribution is 2.26. The van der Waals surface area contributed by atoms with Gasteiger partial charge < -0.3 is 9.64 Å². The van der Waals surface area contributed by atoms with Crippen LogP contribution >= 0.6 is 15.9 Å². The molecule has 1 aliphatic rings. The van der Waals surface area contributed by atoms with Gasteiger partial charge in [0.2, 0.25) is 0 Å². The Hall–Kier alpha value is -1.57. The second-order valence-corrected chi connectivity index (χ2v) is 7.85. The highest BCUT2D eigenvalue weighted by Gasteiger charge is 2.26. The normalized spacial score (nSPS) is 15.3. The van der Waals surface area contributed by atoms with Gasteiger partial charge in [0.1, 0.15) is 4.90 Å². The number of hydrogen-bond acceptors (Lipinski definition) is 4. The molecule has 0 aromatic heterocycles. The van der Waals surface area contributed by atoms with Gasteiger partial charge in [0, 0.05) is 36.0 Å². The number of nitrogens with zero attached hydrogens (tertiary/aromatic N) is 1. The van der Waals surface area contributed by atoms with Gasteiger partial charge in [-0.15, -0.1) is 0 Å². The zero-order valence-corrected chi connectivity index (χ0v) is 15.0. The van der Waals surface area contributed by atoms with Gasteiger partial charge >= 0.3 is 0 Å². The number of anilines is 2. The van der Waals surface area contributed by atoms with Gasteiger partial charge in [-0.1, -0.05) is 12.1 Å². The molecular weight excluding hydrogens is 380 g/mol. The number of halogens is 1. The van der Waals surface area contributed by atoms with Crippen molar-refractivity contribution in [3.8, 4) is 0 Å².